The largest absolute Gasteiger partial charge is 0.460 e. The van der Waals surface area contributed by atoms with Gasteiger partial charge in [-0.25, -0.2) is 0 Å². The Balaban J connectivity index is 1.64. The van der Waals surface area contributed by atoms with Crippen molar-refractivity contribution >= 4 is 7.12 Å². The van der Waals surface area contributed by atoms with Crippen molar-refractivity contribution in [2.24, 2.45) is 5.92 Å². The molecular formula is C12H21BO2. The first-order valence-electron chi connectivity index (χ1n) is 6.31. The summed E-state index contributed by atoms with van der Waals surface area (Å²) in [6.07, 6.45) is 10.8. The molecule has 2 rings (SSSR count). The zero-order chi connectivity index (χ0) is 10.5. The second-order valence-electron chi connectivity index (χ2n) is 4.60. The van der Waals surface area contributed by atoms with Crippen LogP contribution in [0.3, 0.4) is 0 Å². The molecule has 2 fully saturated rings. The maximum absolute atomic E-state index is 5.60. The predicted octanol–water partition coefficient (Wildman–Crippen LogP) is 3.05. The molecule has 3 heteroatoms. The fourth-order valence-corrected chi connectivity index (χ4v) is 2.12. The number of hydrogen-bond donors (Lipinski definition) is 0. The average Bonchev–Trinajstić information content (AvgIpc) is 3.05. The summed E-state index contributed by atoms with van der Waals surface area (Å²) in [6, 6.07) is 0. The van der Waals surface area contributed by atoms with E-state index < -0.39 is 0 Å². The van der Waals surface area contributed by atoms with Crippen LogP contribution < -0.4 is 0 Å². The van der Waals surface area contributed by atoms with Gasteiger partial charge in [-0.2, -0.15) is 0 Å². The summed E-state index contributed by atoms with van der Waals surface area (Å²) in [5.74, 6) is 1.37. The minimum atomic E-state index is 0.0968. The van der Waals surface area contributed by atoms with Gasteiger partial charge in [0.25, 0.3) is 0 Å². The van der Waals surface area contributed by atoms with Gasteiger partial charge in [0.05, 0.1) is 0 Å². The van der Waals surface area contributed by atoms with Crippen molar-refractivity contribution in [3.05, 3.63) is 12.2 Å². The first kappa shape index (κ1) is 11.2. The molecule has 1 aliphatic carbocycles. The van der Waals surface area contributed by atoms with Gasteiger partial charge in [-0.1, -0.05) is 31.9 Å². The van der Waals surface area contributed by atoms with E-state index in [2.05, 4.69) is 19.1 Å². The fourth-order valence-electron chi connectivity index (χ4n) is 2.12. The van der Waals surface area contributed by atoms with Crippen LogP contribution in [0.2, 0.25) is 5.82 Å². The molecule has 0 amide bonds. The van der Waals surface area contributed by atoms with E-state index in [1.807, 2.05) is 0 Å². The Labute approximate surface area is 93.2 Å². The molecule has 1 heterocycles. The number of unbranched alkanes of at least 4 members (excludes halogenated alkanes) is 2. The van der Waals surface area contributed by atoms with Crippen molar-refractivity contribution in [1.82, 2.24) is 0 Å². The summed E-state index contributed by atoms with van der Waals surface area (Å²) >= 11 is 0. The second-order valence-corrected chi connectivity index (χ2v) is 4.60. The third kappa shape index (κ3) is 3.35. The van der Waals surface area contributed by atoms with Crippen LogP contribution in [0, 0.1) is 5.92 Å². The topological polar surface area (TPSA) is 18.5 Å². The summed E-state index contributed by atoms with van der Waals surface area (Å²) in [7, 11) is 0.0968. The Morgan fingerprint density at radius 1 is 1.33 bits per heavy atom. The third-order valence-electron chi connectivity index (χ3n) is 3.20. The van der Waals surface area contributed by atoms with Crippen LogP contribution in [0.25, 0.3) is 0 Å². The highest BCUT2D eigenvalue weighted by Crippen LogP contribution is 2.49. The second kappa shape index (κ2) is 5.71. The average molecular weight is 208 g/mol. The van der Waals surface area contributed by atoms with Crippen LogP contribution in [0.15, 0.2) is 12.2 Å². The van der Waals surface area contributed by atoms with E-state index in [1.54, 1.807) is 0 Å². The van der Waals surface area contributed by atoms with Crippen molar-refractivity contribution in [3.63, 3.8) is 0 Å². The zero-order valence-corrected chi connectivity index (χ0v) is 9.65. The van der Waals surface area contributed by atoms with Crippen molar-refractivity contribution < 1.29 is 9.31 Å². The van der Waals surface area contributed by atoms with Gasteiger partial charge < -0.3 is 9.31 Å². The Kier molecular flexibility index (Phi) is 4.27. The molecule has 0 radical (unpaired) electrons. The van der Waals surface area contributed by atoms with Gasteiger partial charge in [-0.15, -0.1) is 0 Å². The molecule has 1 saturated heterocycles. The highest BCUT2D eigenvalue weighted by Gasteiger charge is 2.47. The van der Waals surface area contributed by atoms with Crippen molar-refractivity contribution in [2.45, 2.75) is 44.8 Å². The molecule has 0 bridgehead atoms. The van der Waals surface area contributed by atoms with E-state index in [0.717, 1.165) is 25.6 Å². The van der Waals surface area contributed by atoms with Crippen LogP contribution in [0.4, 0.5) is 0 Å². The lowest BCUT2D eigenvalue weighted by Gasteiger charge is -2.19. The minimum absolute atomic E-state index is 0.0968. The smallest absolute Gasteiger partial charge is 0.411 e. The molecule has 0 N–H and O–H groups in total. The molecule has 84 valence electrons. The lowest BCUT2D eigenvalue weighted by Crippen LogP contribution is -2.30. The molecule has 0 aromatic rings. The predicted molar refractivity (Wildman–Crippen MR) is 62.8 cm³/mol. The summed E-state index contributed by atoms with van der Waals surface area (Å²) in [6.45, 7) is 4.00. The van der Waals surface area contributed by atoms with E-state index in [1.165, 1.54) is 25.7 Å². The van der Waals surface area contributed by atoms with Gasteiger partial charge in [-0.05, 0) is 25.2 Å². The molecule has 0 aromatic carbocycles. The molecular weight excluding hydrogens is 187 g/mol. The van der Waals surface area contributed by atoms with E-state index in [9.17, 15) is 0 Å². The molecule has 1 saturated carbocycles. The van der Waals surface area contributed by atoms with E-state index >= 15 is 0 Å². The zero-order valence-electron chi connectivity index (χ0n) is 9.65. The van der Waals surface area contributed by atoms with Crippen LogP contribution in [-0.2, 0) is 9.31 Å². The van der Waals surface area contributed by atoms with Crippen LogP contribution in [0.5, 0.6) is 0 Å². The van der Waals surface area contributed by atoms with Crippen molar-refractivity contribution in [3.8, 4) is 0 Å². The molecule has 0 unspecified atom stereocenters. The van der Waals surface area contributed by atoms with Crippen LogP contribution in [-0.4, -0.2) is 20.3 Å². The molecule has 1 aliphatic heterocycles. The van der Waals surface area contributed by atoms with Gasteiger partial charge in [0, 0.05) is 19.0 Å². The molecule has 2 atom stereocenters. The first-order chi connectivity index (χ1) is 7.42. The van der Waals surface area contributed by atoms with Crippen molar-refractivity contribution in [1.29, 1.82) is 0 Å². The lowest BCUT2D eigenvalue weighted by atomic mass is 9.79. The number of rotatable bonds is 5. The Bertz CT molecular complexity index is 212. The van der Waals surface area contributed by atoms with Crippen LogP contribution >= 0.6 is 0 Å². The van der Waals surface area contributed by atoms with E-state index in [4.69, 9.17) is 9.31 Å². The molecule has 0 aromatic heterocycles. The maximum atomic E-state index is 5.60. The first-order valence-corrected chi connectivity index (χ1v) is 6.31. The van der Waals surface area contributed by atoms with Gasteiger partial charge in [0.1, 0.15) is 0 Å². The normalized spacial score (nSPS) is 31.1. The summed E-state index contributed by atoms with van der Waals surface area (Å²) in [5, 5.41) is 0. The van der Waals surface area contributed by atoms with Gasteiger partial charge >= 0.3 is 7.12 Å². The maximum Gasteiger partial charge on any atom is 0.460 e. The van der Waals surface area contributed by atoms with Gasteiger partial charge in [0.15, 0.2) is 0 Å². The Morgan fingerprint density at radius 3 is 2.87 bits per heavy atom. The summed E-state index contributed by atoms with van der Waals surface area (Å²) in [5.41, 5.74) is 0. The van der Waals surface area contributed by atoms with Crippen molar-refractivity contribution in [2.75, 3.05) is 13.2 Å². The monoisotopic (exact) mass is 208 g/mol. The SMILES string of the molecule is CCCC/C=C/[C@H]1C[C@@H]1B1OCCCO1. The highest BCUT2D eigenvalue weighted by molar-refractivity contribution is 6.47. The number of allylic oxidation sites excluding steroid dienone is 2. The van der Waals surface area contributed by atoms with Gasteiger partial charge in [0.2, 0.25) is 0 Å². The standard InChI is InChI=1S/C12H21BO2/c1-2-3-4-5-7-11-10-12(11)13-14-8-6-9-15-13/h5,7,11-12H,2-4,6,8-10H2,1H3/b7-5+/t11-,12-/m0/s1. The highest BCUT2D eigenvalue weighted by atomic mass is 16.6. The lowest BCUT2D eigenvalue weighted by molar-refractivity contribution is 0.132. The van der Waals surface area contributed by atoms with E-state index in [-0.39, 0.29) is 7.12 Å². The molecule has 2 aliphatic rings. The fraction of sp³-hybridized carbons (Fsp3) is 0.833. The summed E-state index contributed by atoms with van der Waals surface area (Å²) in [4.78, 5) is 0. The Morgan fingerprint density at radius 2 is 2.13 bits per heavy atom. The Hall–Kier alpha value is -0.275. The quantitative estimate of drug-likeness (QED) is 0.392. The summed E-state index contributed by atoms with van der Waals surface area (Å²) < 4.78 is 11.2. The minimum Gasteiger partial charge on any atom is -0.411 e. The van der Waals surface area contributed by atoms with E-state index in [0.29, 0.717) is 5.82 Å². The number of hydrogen-bond acceptors (Lipinski definition) is 2. The van der Waals surface area contributed by atoms with Crippen LogP contribution in [0.1, 0.15) is 39.0 Å². The third-order valence-corrected chi connectivity index (χ3v) is 3.20. The molecule has 0 spiro atoms. The molecule has 15 heavy (non-hydrogen) atoms. The molecule has 2 nitrogen and oxygen atoms in total. The van der Waals surface area contributed by atoms with Gasteiger partial charge in [-0.3, -0.25) is 0 Å².